The molecule has 0 amide bonds. The maximum absolute atomic E-state index is 12.2. The van der Waals surface area contributed by atoms with Crippen LogP contribution in [0.25, 0.3) is 61.4 Å². The molecule has 3 aliphatic rings. The summed E-state index contributed by atoms with van der Waals surface area (Å²) in [5, 5.41) is 63.7. The van der Waals surface area contributed by atoms with E-state index in [1.807, 2.05) is 48.5 Å². The summed E-state index contributed by atoms with van der Waals surface area (Å²) >= 11 is 7.40. The van der Waals surface area contributed by atoms with Crippen molar-refractivity contribution in [1.82, 2.24) is 19.9 Å². The Morgan fingerprint density at radius 2 is 1.10 bits per heavy atom. The number of isothiocyanates is 2. The standard InChI is InChI=1S/C51H43N5O5.C12H8N2O4.2CNS.Ru/c1-53-47(31-52)41-27-42(20-15-35-25-38-9-5-23-56-24-6-10-39(26-35)49(38)56)61-48(29-41)37-18-13-34(14-19-37)8-4-2-3-7-33-11-16-36(17-12-33)44-32-55-46(30-43(44)51(59)60)45-28-40(50(57)58)21-22-54-45;15-11(16)7-1-3-13-9(5-7)10-6-8(12(17)18)2-4-14-10;2*2-1-3;/h11-22,25-30,32H,2-10,23-24H2,(H,57,58)(H,59,60);1-6H,(H,15,16)(H,17,18);;;/q;;2*-1;+2/b20-15+,47-41-;;;;. The quantitative estimate of drug-likeness (QED) is 0.0175. The second-order valence-electron chi connectivity index (χ2n) is 19.2. The molecule has 3 aromatic carbocycles. The van der Waals surface area contributed by atoms with E-state index < -0.39 is 23.9 Å². The molecule has 0 radical (unpaired) electrons. The molecule has 4 N–H and O–H groups in total. The van der Waals surface area contributed by atoms with Gasteiger partial charge in [0.1, 0.15) is 11.5 Å². The van der Waals surface area contributed by atoms with Crippen molar-refractivity contribution in [3.63, 3.8) is 0 Å². The van der Waals surface area contributed by atoms with Crippen molar-refractivity contribution in [2.75, 3.05) is 18.0 Å². The number of unbranched alkanes of at least 4 members (excludes halogenated alkanes) is 2. The Morgan fingerprint density at radius 3 is 1.55 bits per heavy atom. The molecule has 18 nitrogen and oxygen atoms in total. The van der Waals surface area contributed by atoms with Crippen LogP contribution in [0.1, 0.15) is 107 Å². The van der Waals surface area contributed by atoms with Gasteiger partial charge in [0.05, 0.1) is 57.7 Å². The molecule has 7 heterocycles. The van der Waals surface area contributed by atoms with Crippen molar-refractivity contribution < 1.29 is 63.8 Å². The monoisotopic (exact) mass is 1270 g/mol. The number of aromatic carboxylic acids is 4. The Morgan fingerprint density at radius 1 is 0.640 bits per heavy atom. The van der Waals surface area contributed by atoms with E-state index in [1.165, 1.54) is 113 Å². The molecular weight excluding hydrogens is 1220 g/mol. The van der Waals surface area contributed by atoms with Gasteiger partial charge in [-0.15, -0.1) is 0 Å². The van der Waals surface area contributed by atoms with Crippen LogP contribution < -0.4 is 4.90 Å². The zero-order valence-corrected chi connectivity index (χ0v) is 49.1. The van der Waals surface area contributed by atoms with Gasteiger partial charge in [0, 0.05) is 54.7 Å². The van der Waals surface area contributed by atoms with Crippen LogP contribution in [-0.4, -0.2) is 87.7 Å². The largest absolute Gasteiger partial charge is 2.00 e. The molecule has 0 bridgehead atoms. The molecule has 21 heteroatoms. The normalized spacial score (nSPS) is 13.0. The SMILES string of the molecule is O=C(O)c1ccnc(-c2cc(C(=O)O)ccn2)c1.[C-]#[N+]/C(C#N)=C1C=C(/C=C/c2cc3c4c(c2)CCCN4CCC3)OC(c2ccc(CCCCCc3ccc(-c4cnc(-c5cc(C(=O)O)ccn5)cc4C(=O)O)cc3)cc2)=C/1.[N-]=C=S.[N-]=C=S.[Ru+2]. The number of nitrogens with zero attached hydrogens (tertiary/aromatic N) is 9. The van der Waals surface area contributed by atoms with E-state index in [0.717, 1.165) is 80.3 Å². The van der Waals surface area contributed by atoms with Gasteiger partial charge in [0.15, 0.2) is 0 Å². The van der Waals surface area contributed by atoms with Gasteiger partial charge in [0.2, 0.25) is 0 Å². The fourth-order valence-electron chi connectivity index (χ4n) is 9.78. The zero-order valence-electron chi connectivity index (χ0n) is 45.7. The predicted molar refractivity (Wildman–Crippen MR) is 329 cm³/mol. The number of benzene rings is 3. The zero-order chi connectivity index (χ0) is 60.8. The molecule has 0 unspecified atom stereocenters. The molecule has 0 saturated heterocycles. The molecule has 86 heavy (non-hydrogen) atoms. The van der Waals surface area contributed by atoms with Crippen LogP contribution in [0.3, 0.4) is 0 Å². The molecule has 430 valence electrons. The van der Waals surface area contributed by atoms with Crippen LogP contribution in [0.15, 0.2) is 163 Å². The van der Waals surface area contributed by atoms with Crippen molar-refractivity contribution in [3.05, 3.63) is 241 Å². The van der Waals surface area contributed by atoms with E-state index in [4.69, 9.17) is 32.3 Å². The van der Waals surface area contributed by atoms with Gasteiger partial charge >= 0.3 is 43.4 Å². The minimum atomic E-state index is -1.11. The summed E-state index contributed by atoms with van der Waals surface area (Å²) in [5.41, 5.74) is 11.8. The minimum absolute atomic E-state index is 0. The number of aryl methyl sites for hydroxylation is 4. The number of ether oxygens (including phenoxy) is 1. The average Bonchev–Trinajstić information content (AvgIpc) is 1.94. The van der Waals surface area contributed by atoms with Crippen LogP contribution in [0.2, 0.25) is 0 Å². The smallest absolute Gasteiger partial charge is 0.753 e. The number of allylic oxidation sites excluding steroid dienone is 5. The van der Waals surface area contributed by atoms with Gasteiger partial charge in [-0.2, -0.15) is 10.3 Å². The second-order valence-corrected chi connectivity index (χ2v) is 19.5. The van der Waals surface area contributed by atoms with Gasteiger partial charge in [0.25, 0.3) is 5.70 Å². The molecule has 0 aliphatic carbocycles. The summed E-state index contributed by atoms with van der Waals surface area (Å²) in [6.45, 7) is 9.86. The topological polar surface area (TPSA) is 286 Å². The van der Waals surface area contributed by atoms with E-state index in [2.05, 4.69) is 84.5 Å². The molecule has 4 aromatic heterocycles. The number of carboxylic acid groups (broad SMARTS) is 4. The number of hydrogen-bond donors (Lipinski definition) is 4. The van der Waals surface area contributed by atoms with Crippen LogP contribution in [0, 0.1) is 17.9 Å². The first-order valence-electron chi connectivity index (χ1n) is 26.4. The fourth-order valence-corrected chi connectivity index (χ4v) is 9.78. The molecule has 3 aliphatic heterocycles. The summed E-state index contributed by atoms with van der Waals surface area (Å²) in [7, 11) is 0. The summed E-state index contributed by atoms with van der Waals surface area (Å²) in [4.78, 5) is 67.8. The van der Waals surface area contributed by atoms with Gasteiger partial charge < -0.3 is 40.9 Å². The molecule has 0 spiro atoms. The maximum Gasteiger partial charge on any atom is 2.00 e. The number of thiocarbonyl (C=S) groups is 2. The number of rotatable bonds is 16. The van der Waals surface area contributed by atoms with E-state index >= 15 is 0 Å². The van der Waals surface area contributed by atoms with Gasteiger partial charge in [-0.1, -0.05) is 85.5 Å². The average molecular weight is 1270 g/mol. The Balaban J connectivity index is 0.000000396. The summed E-state index contributed by atoms with van der Waals surface area (Å²) in [5.74, 6) is -3.20. The first-order chi connectivity index (χ1) is 41.2. The van der Waals surface area contributed by atoms with E-state index in [1.54, 1.807) is 12.2 Å². The van der Waals surface area contributed by atoms with Crippen molar-refractivity contribution >= 4 is 76.2 Å². The summed E-state index contributed by atoms with van der Waals surface area (Å²) in [6.07, 6.45) is 22.5. The summed E-state index contributed by atoms with van der Waals surface area (Å²) in [6, 6.07) is 32.3. The minimum Gasteiger partial charge on any atom is -0.753 e. The number of nitriles is 1. The van der Waals surface area contributed by atoms with Gasteiger partial charge in [-0.25, -0.2) is 29.3 Å². The van der Waals surface area contributed by atoms with Gasteiger partial charge in [-0.05, 0) is 163 Å². The number of anilines is 1. The van der Waals surface area contributed by atoms with Crippen molar-refractivity contribution in [3.8, 4) is 40.0 Å². The van der Waals surface area contributed by atoms with Crippen molar-refractivity contribution in [2.45, 2.75) is 57.8 Å². The van der Waals surface area contributed by atoms with E-state index in [-0.39, 0.29) is 58.8 Å². The second kappa shape index (κ2) is 32.1. The summed E-state index contributed by atoms with van der Waals surface area (Å²) < 4.78 is 6.37. The molecule has 10 rings (SSSR count). The third kappa shape index (κ3) is 17.5. The van der Waals surface area contributed by atoms with Crippen LogP contribution in [0.5, 0.6) is 0 Å². The number of carbonyl (C=O) groups is 4. The van der Waals surface area contributed by atoms with Crippen LogP contribution in [-0.2, 0) is 49.9 Å². The van der Waals surface area contributed by atoms with Crippen LogP contribution in [0.4, 0.5) is 5.69 Å². The first-order valence-corrected chi connectivity index (χ1v) is 27.2. The Hall–Kier alpha value is -10.1. The molecule has 7 aromatic rings. The first kappa shape index (κ1) is 65.1. The third-order valence-electron chi connectivity index (χ3n) is 13.7. The number of pyridine rings is 4. The molecule has 0 saturated carbocycles. The number of aromatic nitrogens is 4. The Bertz CT molecular complexity index is 3860. The molecular formula is C65H51N9O9RuS2. The fraction of sp³-hybridized carbons (Fsp3) is 0.169. The van der Waals surface area contributed by atoms with Crippen LogP contribution >= 0.6 is 24.4 Å². The molecule has 0 atom stereocenters. The van der Waals surface area contributed by atoms with Gasteiger partial charge in [-0.3, -0.25) is 19.9 Å². The van der Waals surface area contributed by atoms with Crippen molar-refractivity contribution in [2.24, 2.45) is 0 Å². The molecule has 0 fully saturated rings. The Labute approximate surface area is 518 Å². The third-order valence-corrected chi connectivity index (χ3v) is 13.7. The van der Waals surface area contributed by atoms with Crippen molar-refractivity contribution in [1.29, 1.82) is 5.26 Å². The Kier molecular flexibility index (Phi) is 24.3. The maximum atomic E-state index is 12.2. The van der Waals surface area contributed by atoms with E-state index in [9.17, 15) is 34.7 Å². The van der Waals surface area contributed by atoms with E-state index in [0.29, 0.717) is 34.0 Å². The number of hydrogen-bond acceptors (Lipinski definition) is 13. The predicted octanol–water partition coefficient (Wildman–Crippen LogP) is 13.4. The number of carboxylic acids is 4.